The summed E-state index contributed by atoms with van der Waals surface area (Å²) < 4.78 is 5.77. The van der Waals surface area contributed by atoms with Gasteiger partial charge >= 0.3 is 0 Å². The number of amides is 1. The Balaban J connectivity index is 1.40. The number of ether oxygens (including phenoxy) is 1. The maximum atomic E-state index is 12.5. The highest BCUT2D eigenvalue weighted by Crippen LogP contribution is 2.32. The predicted molar refractivity (Wildman–Crippen MR) is 114 cm³/mol. The largest absolute Gasteiger partial charge is 0.494 e. The molecule has 0 saturated carbocycles. The number of thioether (sulfide) groups is 1. The van der Waals surface area contributed by atoms with Crippen LogP contribution in [0.15, 0.2) is 48.8 Å². The van der Waals surface area contributed by atoms with Gasteiger partial charge in [0.05, 0.1) is 18.0 Å². The van der Waals surface area contributed by atoms with Gasteiger partial charge in [-0.2, -0.15) is 0 Å². The van der Waals surface area contributed by atoms with E-state index in [-0.39, 0.29) is 17.3 Å². The predicted octanol–water partition coefficient (Wildman–Crippen LogP) is 3.92. The smallest absolute Gasteiger partial charge is 0.238 e. The van der Waals surface area contributed by atoms with Crippen molar-refractivity contribution in [2.24, 2.45) is 5.92 Å². The third kappa shape index (κ3) is 6.24. The molecule has 6 heteroatoms. The highest BCUT2D eigenvalue weighted by Gasteiger charge is 2.30. The number of hydrogen-bond donors (Lipinski definition) is 2. The number of hydrogen-bond acceptors (Lipinski definition) is 5. The van der Waals surface area contributed by atoms with Crippen molar-refractivity contribution >= 4 is 17.7 Å². The van der Waals surface area contributed by atoms with Gasteiger partial charge < -0.3 is 10.1 Å². The van der Waals surface area contributed by atoms with Gasteiger partial charge in [-0.05, 0) is 48.1 Å². The number of nitrogens with zero attached hydrogens (tertiary/aromatic N) is 1. The highest BCUT2D eigenvalue weighted by molar-refractivity contribution is 7.99. The number of pyridine rings is 1. The van der Waals surface area contributed by atoms with E-state index in [1.165, 1.54) is 6.42 Å². The second kappa shape index (κ2) is 10.5. The van der Waals surface area contributed by atoms with Gasteiger partial charge in [0.25, 0.3) is 0 Å². The number of carbonyl (C=O) groups is 1. The van der Waals surface area contributed by atoms with Crippen LogP contribution in [0.4, 0.5) is 0 Å². The Hall–Kier alpha value is -2.05. The van der Waals surface area contributed by atoms with Crippen molar-refractivity contribution in [3.63, 3.8) is 0 Å². The van der Waals surface area contributed by atoms with Crippen LogP contribution in [0.5, 0.6) is 5.75 Å². The summed E-state index contributed by atoms with van der Waals surface area (Å²) in [5, 5.41) is 6.53. The van der Waals surface area contributed by atoms with Crippen molar-refractivity contribution < 1.29 is 9.53 Å². The molecule has 1 fully saturated rings. The van der Waals surface area contributed by atoms with Gasteiger partial charge in [0.15, 0.2) is 0 Å². The molecule has 0 radical (unpaired) electrons. The summed E-state index contributed by atoms with van der Waals surface area (Å²) in [6.45, 7) is 5.72. The molecule has 1 amide bonds. The summed E-state index contributed by atoms with van der Waals surface area (Å²) in [5.74, 6) is 2.39. The summed E-state index contributed by atoms with van der Waals surface area (Å²) in [7, 11) is 0. The van der Waals surface area contributed by atoms with Gasteiger partial charge in [-0.15, -0.1) is 11.8 Å². The second-order valence-corrected chi connectivity index (χ2v) is 8.60. The normalized spacial score (nSPS) is 19.0. The molecule has 2 atom stereocenters. The number of carbonyl (C=O) groups excluding carboxylic acids is 1. The van der Waals surface area contributed by atoms with Gasteiger partial charge in [0.1, 0.15) is 5.75 Å². The second-order valence-electron chi connectivity index (χ2n) is 7.47. The van der Waals surface area contributed by atoms with E-state index < -0.39 is 0 Å². The molecule has 1 aliphatic rings. The van der Waals surface area contributed by atoms with E-state index in [1.54, 1.807) is 18.0 Å². The maximum Gasteiger partial charge on any atom is 0.238 e. The summed E-state index contributed by atoms with van der Waals surface area (Å²) >= 11 is 1.74. The Labute approximate surface area is 171 Å². The minimum Gasteiger partial charge on any atom is -0.494 e. The molecule has 0 aliphatic carbocycles. The van der Waals surface area contributed by atoms with Crippen LogP contribution in [0.2, 0.25) is 0 Å². The summed E-state index contributed by atoms with van der Waals surface area (Å²) in [5.41, 5.74) is 2.17. The molecular formula is C22H29N3O2S. The molecular weight excluding hydrogens is 370 g/mol. The minimum atomic E-state index is -0.182. The monoisotopic (exact) mass is 399 g/mol. The van der Waals surface area contributed by atoms with Crippen molar-refractivity contribution in [2.75, 3.05) is 12.4 Å². The lowest BCUT2D eigenvalue weighted by Gasteiger charge is -2.14. The summed E-state index contributed by atoms with van der Waals surface area (Å²) in [6, 6.07) is 11.7. The lowest BCUT2D eigenvalue weighted by molar-refractivity contribution is -0.122. The van der Waals surface area contributed by atoms with Gasteiger partial charge in [-0.3, -0.25) is 15.1 Å². The average molecular weight is 400 g/mol. The fourth-order valence-electron chi connectivity index (χ4n) is 3.04. The zero-order valence-electron chi connectivity index (χ0n) is 16.6. The zero-order valence-corrected chi connectivity index (χ0v) is 17.4. The lowest BCUT2D eigenvalue weighted by Crippen LogP contribution is -2.42. The molecule has 2 aromatic rings. The van der Waals surface area contributed by atoms with E-state index in [0.29, 0.717) is 12.5 Å². The van der Waals surface area contributed by atoms with Gasteiger partial charge in [-0.25, -0.2) is 0 Å². The number of nitrogens with one attached hydrogen (secondary N) is 2. The Morgan fingerprint density at radius 2 is 2.14 bits per heavy atom. The Bertz CT molecular complexity index is 737. The van der Waals surface area contributed by atoms with E-state index in [4.69, 9.17) is 4.74 Å². The van der Waals surface area contributed by atoms with Crippen LogP contribution in [-0.4, -0.2) is 29.3 Å². The number of rotatable bonds is 9. The van der Waals surface area contributed by atoms with E-state index in [9.17, 15) is 4.79 Å². The molecule has 0 spiro atoms. The summed E-state index contributed by atoms with van der Waals surface area (Å²) in [4.78, 5) is 16.6. The standard InChI is InChI=1S/C22H29N3O2S/c1-16(2)5-4-12-27-19-9-7-17(8-10-19)13-24-21(26)20-15-28-22(25-20)18-6-3-11-23-14-18/h3,6-11,14,16,20,22,25H,4-5,12-13,15H2,1-2H3,(H,24,26). The maximum absolute atomic E-state index is 12.5. The minimum absolute atomic E-state index is 0.0351. The Kier molecular flexibility index (Phi) is 7.74. The van der Waals surface area contributed by atoms with Gasteiger partial charge in [-0.1, -0.05) is 32.0 Å². The van der Waals surface area contributed by atoms with Crippen LogP contribution < -0.4 is 15.4 Å². The van der Waals surface area contributed by atoms with Crippen LogP contribution in [0.1, 0.15) is 43.2 Å². The van der Waals surface area contributed by atoms with Crippen LogP contribution in [0, 0.1) is 5.92 Å². The van der Waals surface area contributed by atoms with Crippen molar-refractivity contribution in [1.29, 1.82) is 0 Å². The fourth-order valence-corrected chi connectivity index (χ4v) is 4.27. The van der Waals surface area contributed by atoms with Crippen molar-refractivity contribution in [1.82, 2.24) is 15.6 Å². The molecule has 5 nitrogen and oxygen atoms in total. The first-order chi connectivity index (χ1) is 13.6. The molecule has 2 N–H and O–H groups in total. The Morgan fingerprint density at radius 3 is 2.86 bits per heavy atom. The van der Waals surface area contributed by atoms with Crippen LogP contribution in [0.3, 0.4) is 0 Å². The van der Waals surface area contributed by atoms with Crippen molar-refractivity contribution in [3.8, 4) is 5.75 Å². The fraction of sp³-hybridized carbons (Fsp3) is 0.455. The molecule has 1 aliphatic heterocycles. The number of aromatic nitrogens is 1. The molecule has 1 aromatic heterocycles. The average Bonchev–Trinajstić information content (AvgIpc) is 3.21. The first-order valence-electron chi connectivity index (χ1n) is 9.89. The first kappa shape index (κ1) is 20.7. The van der Waals surface area contributed by atoms with Crippen LogP contribution in [0.25, 0.3) is 0 Å². The highest BCUT2D eigenvalue weighted by atomic mass is 32.2. The molecule has 1 saturated heterocycles. The molecule has 28 heavy (non-hydrogen) atoms. The summed E-state index contributed by atoms with van der Waals surface area (Å²) in [6.07, 6.45) is 5.86. The van der Waals surface area contributed by atoms with Crippen LogP contribution >= 0.6 is 11.8 Å². The van der Waals surface area contributed by atoms with E-state index in [2.05, 4.69) is 29.5 Å². The lowest BCUT2D eigenvalue weighted by atomic mass is 10.1. The third-order valence-electron chi connectivity index (χ3n) is 4.67. The SMILES string of the molecule is CC(C)CCCOc1ccc(CNC(=O)C2CSC(c3cccnc3)N2)cc1. The molecule has 2 unspecified atom stereocenters. The first-order valence-corrected chi connectivity index (χ1v) is 10.9. The third-order valence-corrected chi connectivity index (χ3v) is 5.94. The van der Waals surface area contributed by atoms with E-state index in [1.807, 2.05) is 42.6 Å². The van der Waals surface area contributed by atoms with Gasteiger partial charge in [0, 0.05) is 24.7 Å². The zero-order chi connectivity index (χ0) is 19.8. The molecule has 150 valence electrons. The topological polar surface area (TPSA) is 63.2 Å². The van der Waals surface area contributed by atoms with Crippen molar-refractivity contribution in [3.05, 3.63) is 59.9 Å². The van der Waals surface area contributed by atoms with Gasteiger partial charge in [0.2, 0.25) is 5.91 Å². The molecule has 2 heterocycles. The molecule has 0 bridgehead atoms. The van der Waals surface area contributed by atoms with E-state index >= 15 is 0 Å². The number of benzene rings is 1. The Morgan fingerprint density at radius 1 is 1.32 bits per heavy atom. The molecule has 3 rings (SSSR count). The van der Waals surface area contributed by atoms with Crippen LogP contribution in [-0.2, 0) is 11.3 Å². The van der Waals surface area contributed by atoms with Crippen molar-refractivity contribution in [2.45, 2.75) is 44.6 Å². The molecule has 1 aromatic carbocycles. The quantitative estimate of drug-likeness (QED) is 0.626. The van der Waals surface area contributed by atoms with E-state index in [0.717, 1.165) is 35.7 Å².